The molecule has 2 aromatic carbocycles. The third-order valence-electron chi connectivity index (χ3n) is 4.14. The molecule has 2 rings (SSSR count). The van der Waals surface area contributed by atoms with Gasteiger partial charge in [0.1, 0.15) is 0 Å². The second-order valence-corrected chi connectivity index (χ2v) is 6.10. The fourth-order valence-corrected chi connectivity index (χ4v) is 2.56. The molecule has 7 heteroatoms. The molecule has 0 saturated carbocycles. The summed E-state index contributed by atoms with van der Waals surface area (Å²) in [5.74, 6) is -2.24. The molecule has 3 N–H and O–H groups in total. The standard InChI is InChI=1S/C20H22N2O5/c1-3-4-5-18(23)21-16-11-8-14(20(26)27)12-17(16)22(2)15-9-6-13(7-10-15)19(24)25/h6-12H,3-5H2,1-2H3,(H,21,23)(H,24,25)(H,26,27). The number of anilines is 3. The molecule has 0 aliphatic heterocycles. The molecule has 2 aromatic rings. The molecular formula is C20H22N2O5. The molecule has 0 spiro atoms. The van der Waals surface area contributed by atoms with Crippen LogP contribution in [0.1, 0.15) is 46.9 Å². The van der Waals surface area contributed by atoms with Gasteiger partial charge in [-0.3, -0.25) is 4.79 Å². The van der Waals surface area contributed by atoms with Crippen LogP contribution >= 0.6 is 0 Å². The Labute approximate surface area is 157 Å². The third-order valence-corrected chi connectivity index (χ3v) is 4.14. The van der Waals surface area contributed by atoms with Crippen LogP contribution < -0.4 is 10.2 Å². The molecule has 0 bridgehead atoms. The largest absolute Gasteiger partial charge is 0.478 e. The predicted octanol–water partition coefficient (Wildman–Crippen LogP) is 3.98. The van der Waals surface area contributed by atoms with Crippen molar-refractivity contribution in [3.05, 3.63) is 53.6 Å². The van der Waals surface area contributed by atoms with Crippen LogP contribution in [0, 0.1) is 0 Å². The van der Waals surface area contributed by atoms with Crippen LogP contribution in [0.3, 0.4) is 0 Å². The molecule has 0 radical (unpaired) electrons. The third kappa shape index (κ3) is 5.07. The second kappa shape index (κ2) is 8.84. The average Bonchev–Trinajstić information content (AvgIpc) is 2.66. The summed E-state index contributed by atoms with van der Waals surface area (Å²) >= 11 is 0. The van der Waals surface area contributed by atoms with Crippen molar-refractivity contribution in [2.45, 2.75) is 26.2 Å². The van der Waals surface area contributed by atoms with E-state index in [1.165, 1.54) is 24.3 Å². The van der Waals surface area contributed by atoms with Gasteiger partial charge in [0.2, 0.25) is 5.91 Å². The van der Waals surface area contributed by atoms with Gasteiger partial charge in [-0.25, -0.2) is 9.59 Å². The summed E-state index contributed by atoms with van der Waals surface area (Å²) < 4.78 is 0. The molecule has 0 aromatic heterocycles. The SMILES string of the molecule is CCCCC(=O)Nc1ccc(C(=O)O)cc1N(C)c1ccc(C(=O)O)cc1. The van der Waals surface area contributed by atoms with Crippen LogP contribution in [0.5, 0.6) is 0 Å². The number of rotatable bonds is 8. The Kier molecular flexibility index (Phi) is 6.54. The molecule has 142 valence electrons. The lowest BCUT2D eigenvalue weighted by Crippen LogP contribution is -2.17. The van der Waals surface area contributed by atoms with E-state index in [-0.39, 0.29) is 17.0 Å². The van der Waals surface area contributed by atoms with Crippen molar-refractivity contribution in [3.63, 3.8) is 0 Å². The van der Waals surface area contributed by atoms with Gasteiger partial charge in [-0.1, -0.05) is 13.3 Å². The maximum atomic E-state index is 12.1. The van der Waals surface area contributed by atoms with Crippen LogP contribution in [0.15, 0.2) is 42.5 Å². The molecular weight excluding hydrogens is 348 g/mol. The fraction of sp³-hybridized carbons (Fsp3) is 0.250. The van der Waals surface area contributed by atoms with Crippen LogP contribution in [-0.2, 0) is 4.79 Å². The lowest BCUT2D eigenvalue weighted by molar-refractivity contribution is -0.116. The quantitative estimate of drug-likeness (QED) is 0.649. The lowest BCUT2D eigenvalue weighted by Gasteiger charge is -2.23. The number of unbranched alkanes of at least 4 members (excludes halogenated alkanes) is 1. The van der Waals surface area contributed by atoms with E-state index in [2.05, 4.69) is 5.32 Å². The molecule has 0 aliphatic carbocycles. The van der Waals surface area contributed by atoms with Crippen LogP contribution in [0.2, 0.25) is 0 Å². The van der Waals surface area contributed by atoms with Crippen molar-refractivity contribution in [2.75, 3.05) is 17.3 Å². The van der Waals surface area contributed by atoms with Gasteiger partial charge in [-0.05, 0) is 48.9 Å². The number of aromatic carboxylic acids is 2. The number of amides is 1. The zero-order valence-electron chi connectivity index (χ0n) is 15.2. The van der Waals surface area contributed by atoms with Gasteiger partial charge >= 0.3 is 11.9 Å². The number of carbonyl (C=O) groups is 3. The summed E-state index contributed by atoms with van der Waals surface area (Å²) in [6.45, 7) is 1.99. The molecule has 0 saturated heterocycles. The summed E-state index contributed by atoms with van der Waals surface area (Å²) in [5.41, 5.74) is 1.89. The van der Waals surface area contributed by atoms with E-state index in [4.69, 9.17) is 5.11 Å². The summed E-state index contributed by atoms with van der Waals surface area (Å²) in [6.07, 6.45) is 2.04. The van der Waals surface area contributed by atoms with Crippen molar-refractivity contribution < 1.29 is 24.6 Å². The molecule has 0 fully saturated rings. The highest BCUT2D eigenvalue weighted by Crippen LogP contribution is 2.32. The highest BCUT2D eigenvalue weighted by Gasteiger charge is 2.15. The van der Waals surface area contributed by atoms with Crippen molar-refractivity contribution in [1.29, 1.82) is 0 Å². The van der Waals surface area contributed by atoms with Crippen molar-refractivity contribution in [3.8, 4) is 0 Å². The van der Waals surface area contributed by atoms with E-state index in [9.17, 15) is 19.5 Å². The van der Waals surface area contributed by atoms with Gasteiger partial charge in [0, 0.05) is 19.2 Å². The summed E-state index contributed by atoms with van der Waals surface area (Å²) in [4.78, 5) is 36.2. The fourth-order valence-electron chi connectivity index (χ4n) is 2.56. The molecule has 7 nitrogen and oxygen atoms in total. The van der Waals surface area contributed by atoms with E-state index >= 15 is 0 Å². The van der Waals surface area contributed by atoms with E-state index < -0.39 is 11.9 Å². The Morgan fingerprint density at radius 3 is 2.11 bits per heavy atom. The number of hydrogen-bond acceptors (Lipinski definition) is 4. The van der Waals surface area contributed by atoms with E-state index in [1.54, 1.807) is 30.1 Å². The monoisotopic (exact) mass is 370 g/mol. The van der Waals surface area contributed by atoms with Crippen molar-refractivity contribution in [1.82, 2.24) is 0 Å². The van der Waals surface area contributed by atoms with Gasteiger partial charge in [-0.15, -0.1) is 0 Å². The van der Waals surface area contributed by atoms with Crippen LogP contribution in [-0.4, -0.2) is 35.1 Å². The zero-order chi connectivity index (χ0) is 20.0. The number of carbonyl (C=O) groups excluding carboxylic acids is 1. The van der Waals surface area contributed by atoms with Crippen LogP contribution in [0.4, 0.5) is 17.1 Å². The summed E-state index contributed by atoms with van der Waals surface area (Å²) in [5, 5.41) is 21.1. The zero-order valence-corrected chi connectivity index (χ0v) is 15.2. The Hall–Kier alpha value is -3.35. The van der Waals surface area contributed by atoms with E-state index in [1.807, 2.05) is 6.92 Å². The minimum Gasteiger partial charge on any atom is -0.478 e. The highest BCUT2D eigenvalue weighted by molar-refractivity contribution is 5.98. The van der Waals surface area contributed by atoms with Crippen molar-refractivity contribution in [2.24, 2.45) is 0 Å². The van der Waals surface area contributed by atoms with Crippen LogP contribution in [0.25, 0.3) is 0 Å². The summed E-state index contributed by atoms with van der Waals surface area (Å²) in [6, 6.07) is 10.7. The summed E-state index contributed by atoms with van der Waals surface area (Å²) in [7, 11) is 1.72. The number of carboxylic acid groups (broad SMARTS) is 2. The highest BCUT2D eigenvalue weighted by atomic mass is 16.4. The Morgan fingerprint density at radius 2 is 1.56 bits per heavy atom. The molecule has 0 unspecified atom stereocenters. The topological polar surface area (TPSA) is 107 Å². The number of hydrogen-bond donors (Lipinski definition) is 3. The first-order chi connectivity index (χ1) is 12.8. The van der Waals surface area contributed by atoms with Crippen molar-refractivity contribution >= 4 is 34.9 Å². The Bertz CT molecular complexity index is 846. The maximum absolute atomic E-state index is 12.1. The smallest absolute Gasteiger partial charge is 0.335 e. The first-order valence-electron chi connectivity index (χ1n) is 8.57. The second-order valence-electron chi connectivity index (χ2n) is 6.10. The van der Waals surface area contributed by atoms with Gasteiger partial charge < -0.3 is 20.4 Å². The molecule has 27 heavy (non-hydrogen) atoms. The number of carboxylic acids is 2. The van der Waals surface area contributed by atoms with Gasteiger partial charge in [0.25, 0.3) is 0 Å². The van der Waals surface area contributed by atoms with Gasteiger partial charge in [0.15, 0.2) is 0 Å². The first-order valence-corrected chi connectivity index (χ1v) is 8.57. The maximum Gasteiger partial charge on any atom is 0.335 e. The average molecular weight is 370 g/mol. The van der Waals surface area contributed by atoms with Gasteiger partial charge in [-0.2, -0.15) is 0 Å². The minimum atomic E-state index is -1.07. The lowest BCUT2D eigenvalue weighted by atomic mass is 10.1. The van der Waals surface area contributed by atoms with Gasteiger partial charge in [0.05, 0.1) is 22.5 Å². The minimum absolute atomic E-state index is 0.0885. The molecule has 0 heterocycles. The number of nitrogens with one attached hydrogen (secondary N) is 1. The Morgan fingerprint density at radius 1 is 0.963 bits per heavy atom. The number of benzene rings is 2. The predicted molar refractivity (Wildman–Crippen MR) is 103 cm³/mol. The van der Waals surface area contributed by atoms with E-state index in [0.717, 1.165) is 12.8 Å². The molecule has 0 atom stereocenters. The Balaban J connectivity index is 2.38. The van der Waals surface area contributed by atoms with E-state index in [0.29, 0.717) is 23.5 Å². The normalized spacial score (nSPS) is 10.3. The first kappa shape index (κ1) is 20.0. The number of nitrogens with zero attached hydrogens (tertiary/aromatic N) is 1. The molecule has 1 amide bonds. The molecule has 0 aliphatic rings.